The van der Waals surface area contributed by atoms with E-state index in [0.717, 1.165) is 5.32 Å². The third-order valence-electron chi connectivity index (χ3n) is 0.950. The van der Waals surface area contributed by atoms with Crippen molar-refractivity contribution in [2.24, 2.45) is 5.73 Å². The molecule has 0 aromatic rings. The average Bonchev–Trinajstić information content (AvgIpc) is 1.82. The van der Waals surface area contributed by atoms with Gasteiger partial charge >= 0.3 is 60.2 Å². The molecule has 0 aliphatic heterocycles. The molecule has 3 nitrogen and oxygen atoms in total. The zero-order chi connectivity index (χ0) is 7.28. The molecule has 3 N–H and O–H groups in total. The molecule has 0 aromatic carbocycles. The smallest absolute Gasteiger partial charge is 0 e. The molecular weight excluding hydrogens is 286 g/mol. The molecule has 0 saturated heterocycles. The van der Waals surface area contributed by atoms with Gasteiger partial charge in [0.25, 0.3) is 0 Å². The summed E-state index contributed by atoms with van der Waals surface area (Å²) < 4.78 is 0. The van der Waals surface area contributed by atoms with Gasteiger partial charge in [-0.25, -0.2) is 0 Å². The quantitative estimate of drug-likeness (QED) is 0.738. The third kappa shape index (κ3) is 10.9. The summed E-state index contributed by atoms with van der Waals surface area (Å²) in [7, 11) is 0. The Kier molecular flexibility index (Phi) is 17.6. The first-order valence-corrected chi connectivity index (χ1v) is 5.58. The van der Waals surface area contributed by atoms with Gasteiger partial charge in [0.05, 0.1) is 0 Å². The van der Waals surface area contributed by atoms with Gasteiger partial charge in [0.15, 0.2) is 0 Å². The maximum Gasteiger partial charge on any atom is 0 e. The Hall–Kier alpha value is 0.863. The summed E-state index contributed by atoms with van der Waals surface area (Å²) in [5.41, 5.74) is 5.21. The fourth-order valence-corrected chi connectivity index (χ4v) is 1.40. The number of hydrogen-bond donors (Lipinski definition) is 2. The molecule has 0 fully saturated rings. The Balaban J connectivity index is -0.000000320. The van der Waals surface area contributed by atoms with Gasteiger partial charge in [0.1, 0.15) is 0 Å². The molecule has 11 heavy (non-hydrogen) atoms. The van der Waals surface area contributed by atoms with Crippen molar-refractivity contribution in [2.45, 2.75) is 23.6 Å². The molecule has 0 aliphatic carbocycles. The second kappa shape index (κ2) is 10.9. The van der Waals surface area contributed by atoms with Crippen LogP contribution in [-0.2, 0) is 24.3 Å². The normalized spacial score (nSPS) is 10.7. The minimum Gasteiger partial charge on any atom is -0.147 e. The van der Waals surface area contributed by atoms with Crippen LogP contribution in [-0.4, -0.2) is 32.1 Å². The average molecular weight is 298 g/mol. The van der Waals surface area contributed by atoms with Gasteiger partial charge < -0.3 is 0 Å². The number of hydrogen-bond acceptors (Lipinski definition) is 2. The number of carbonyl (C=O) groups is 1. The van der Waals surface area contributed by atoms with Crippen LogP contribution in [0.5, 0.6) is 0 Å². The van der Waals surface area contributed by atoms with Crippen LogP contribution in [0.15, 0.2) is 0 Å². The van der Waals surface area contributed by atoms with E-state index in [1.165, 1.54) is 0 Å². The molecule has 0 bridgehead atoms. The number of aliphatic carboxylic acids is 1. The molecule has 0 aliphatic rings. The molecule has 0 amide bonds. The van der Waals surface area contributed by atoms with Crippen molar-refractivity contribution in [3.8, 4) is 0 Å². The number of halogens is 1. The number of carboxylic acid groups (broad SMARTS) is 1. The van der Waals surface area contributed by atoms with E-state index in [0.29, 0.717) is 21.4 Å². The largest absolute Gasteiger partial charge is 0.147 e. The summed E-state index contributed by atoms with van der Waals surface area (Å²) in [6, 6.07) is -0.646. The van der Waals surface area contributed by atoms with Crippen LogP contribution < -0.4 is 5.73 Å². The van der Waals surface area contributed by atoms with E-state index < -0.39 is 12.0 Å². The topological polar surface area (TPSA) is 63.3 Å². The van der Waals surface area contributed by atoms with E-state index in [1.54, 1.807) is 0 Å². The van der Waals surface area contributed by atoms with Crippen LogP contribution in [0.2, 0.25) is 11.1 Å². The van der Waals surface area contributed by atoms with Crippen molar-refractivity contribution in [1.29, 1.82) is 0 Å². The fraction of sp³-hybridized carbons (Fsp3) is 0.800. The number of rotatable bonds is 4. The minimum atomic E-state index is -0.890. The monoisotopic (exact) mass is 297 g/mol. The van der Waals surface area contributed by atoms with Crippen molar-refractivity contribution in [3.05, 3.63) is 0 Å². The van der Waals surface area contributed by atoms with Crippen LogP contribution in [0.1, 0.15) is 6.42 Å². The van der Waals surface area contributed by atoms with Crippen LogP contribution >= 0.6 is 12.4 Å². The second-order valence-corrected chi connectivity index (χ2v) is 3.79. The van der Waals surface area contributed by atoms with Gasteiger partial charge in [-0.15, -0.1) is 12.4 Å². The molecule has 0 aromatic heterocycles. The van der Waals surface area contributed by atoms with E-state index in [4.69, 9.17) is 10.8 Å². The molecule has 0 spiro atoms. The van der Waals surface area contributed by atoms with E-state index in [2.05, 4.69) is 5.82 Å². The van der Waals surface area contributed by atoms with Crippen molar-refractivity contribution >= 4 is 33.3 Å². The van der Waals surface area contributed by atoms with Crippen LogP contribution in [0.3, 0.4) is 0 Å². The first-order valence-electron chi connectivity index (χ1n) is 2.65. The molecule has 0 rings (SSSR count). The predicted molar refractivity (Wildman–Crippen MR) is 43.9 cm³/mol. The predicted octanol–water partition coefficient (Wildman–Crippen LogP) is 0.378. The van der Waals surface area contributed by atoms with E-state index in [1.807, 2.05) is 0 Å². The molecule has 64 valence electrons. The standard InChI is InChI=1S/C5H11NO2Se.ClH.Zn/c1-9-3-2-4(6)5(7)8;;/h4H,2-3,6H2,1H3,(H,7,8);1H;/t4-;;/m0../s1. The van der Waals surface area contributed by atoms with Crippen molar-refractivity contribution < 1.29 is 29.4 Å². The zero-order valence-corrected chi connectivity index (χ0v) is 11.9. The Morgan fingerprint density at radius 3 is 2.45 bits per heavy atom. The SMILES string of the molecule is C[Se]CC[C@H](N)C(=O)O.Cl.[Zn]. The Morgan fingerprint density at radius 2 is 2.18 bits per heavy atom. The van der Waals surface area contributed by atoms with Gasteiger partial charge in [-0.1, -0.05) is 0 Å². The van der Waals surface area contributed by atoms with Gasteiger partial charge in [0.2, 0.25) is 0 Å². The molecule has 0 radical (unpaired) electrons. The Morgan fingerprint density at radius 1 is 1.73 bits per heavy atom. The fourth-order valence-electron chi connectivity index (χ4n) is 0.368. The molecule has 0 unspecified atom stereocenters. The van der Waals surface area contributed by atoms with Crippen molar-refractivity contribution in [2.75, 3.05) is 0 Å². The Labute approximate surface area is 91.8 Å². The summed E-state index contributed by atoms with van der Waals surface area (Å²) in [6.07, 6.45) is 0.617. The molecule has 6 heteroatoms. The van der Waals surface area contributed by atoms with Gasteiger partial charge in [0, 0.05) is 19.5 Å². The van der Waals surface area contributed by atoms with E-state index >= 15 is 0 Å². The summed E-state index contributed by atoms with van der Waals surface area (Å²) in [5.74, 6) is 1.18. The van der Waals surface area contributed by atoms with Crippen molar-refractivity contribution in [3.63, 3.8) is 0 Å². The van der Waals surface area contributed by atoms with Gasteiger partial charge in [-0.3, -0.25) is 0 Å². The molecule has 0 saturated carbocycles. The second-order valence-electron chi connectivity index (χ2n) is 1.73. The van der Waals surface area contributed by atoms with Crippen molar-refractivity contribution in [1.82, 2.24) is 0 Å². The van der Waals surface area contributed by atoms with Gasteiger partial charge in [-0.2, -0.15) is 0 Å². The first-order chi connectivity index (χ1) is 4.18. The minimum absolute atomic E-state index is 0. The summed E-state index contributed by atoms with van der Waals surface area (Å²) >= 11 is 0.549. The summed E-state index contributed by atoms with van der Waals surface area (Å²) in [6.45, 7) is 0. The maximum absolute atomic E-state index is 10.1. The molecular formula is C5H12ClNO2SeZn. The number of carboxylic acids is 1. The number of nitrogens with two attached hydrogens (primary N) is 1. The van der Waals surface area contributed by atoms with Gasteiger partial charge in [-0.05, 0) is 0 Å². The van der Waals surface area contributed by atoms with Crippen LogP contribution in [0.25, 0.3) is 0 Å². The third-order valence-corrected chi connectivity index (χ3v) is 2.30. The van der Waals surface area contributed by atoms with E-state index in [9.17, 15) is 4.79 Å². The summed E-state index contributed by atoms with van der Waals surface area (Å²) in [5, 5.41) is 9.25. The van der Waals surface area contributed by atoms with Crippen LogP contribution in [0, 0.1) is 0 Å². The molecule has 0 heterocycles. The van der Waals surface area contributed by atoms with E-state index in [-0.39, 0.29) is 31.9 Å². The summed E-state index contributed by atoms with van der Waals surface area (Å²) in [4.78, 5) is 10.1. The Bertz CT molecular complexity index is 106. The van der Waals surface area contributed by atoms with Crippen LogP contribution in [0.4, 0.5) is 0 Å². The molecule has 1 atom stereocenters. The first kappa shape index (κ1) is 17.8. The maximum atomic E-state index is 10.1. The zero-order valence-electron chi connectivity index (χ0n) is 6.45.